The summed E-state index contributed by atoms with van der Waals surface area (Å²) in [7, 11) is 0. The molecule has 1 atom stereocenters. The van der Waals surface area contributed by atoms with Gasteiger partial charge in [0.05, 0.1) is 11.1 Å². The highest BCUT2D eigenvalue weighted by atomic mass is 32.2. The maximum Gasteiger partial charge on any atom is 0.114 e. The SMILES string of the molecule is CC(C)CC1SC=C(c2ccc(Cn3ccnc3C(C)(C)C)cc2)N1C(C)(C)C. The molecule has 3 nitrogen and oxygen atoms in total. The summed E-state index contributed by atoms with van der Waals surface area (Å²) in [6.45, 7) is 19.1. The van der Waals surface area contributed by atoms with Crippen molar-refractivity contribution in [3.8, 4) is 0 Å². The second-order valence-corrected chi connectivity index (χ2v) is 11.6. The number of hydrogen-bond acceptors (Lipinski definition) is 3. The van der Waals surface area contributed by atoms with Gasteiger partial charge in [-0.3, -0.25) is 0 Å². The maximum atomic E-state index is 4.58. The molecule has 2 heterocycles. The molecule has 0 bridgehead atoms. The van der Waals surface area contributed by atoms with Gasteiger partial charge in [0.1, 0.15) is 5.82 Å². The summed E-state index contributed by atoms with van der Waals surface area (Å²) in [5.41, 5.74) is 4.13. The van der Waals surface area contributed by atoms with E-state index in [0.717, 1.165) is 12.4 Å². The number of benzene rings is 1. The van der Waals surface area contributed by atoms with Crippen molar-refractivity contribution in [1.29, 1.82) is 0 Å². The van der Waals surface area contributed by atoms with E-state index >= 15 is 0 Å². The van der Waals surface area contributed by atoms with E-state index in [2.05, 4.69) is 106 Å². The predicted molar refractivity (Wildman–Crippen MR) is 127 cm³/mol. The Hall–Kier alpha value is -1.68. The fourth-order valence-electron chi connectivity index (χ4n) is 4.04. The number of aromatic nitrogens is 2. The summed E-state index contributed by atoms with van der Waals surface area (Å²) in [5, 5.41) is 2.88. The Labute approximate surface area is 181 Å². The van der Waals surface area contributed by atoms with E-state index in [1.165, 1.54) is 23.2 Å². The second-order valence-electron chi connectivity index (χ2n) is 10.6. The number of hydrogen-bond donors (Lipinski definition) is 0. The van der Waals surface area contributed by atoms with Gasteiger partial charge in [0.25, 0.3) is 0 Å². The molecule has 1 unspecified atom stereocenters. The highest BCUT2D eigenvalue weighted by Gasteiger charge is 2.35. The molecule has 0 N–H and O–H groups in total. The lowest BCUT2D eigenvalue weighted by Crippen LogP contribution is -2.43. The first-order valence-electron chi connectivity index (χ1n) is 10.7. The third-order valence-corrected chi connectivity index (χ3v) is 6.35. The van der Waals surface area contributed by atoms with Crippen molar-refractivity contribution in [2.45, 2.75) is 84.7 Å². The lowest BCUT2D eigenvalue weighted by Gasteiger charge is -2.41. The summed E-state index contributed by atoms with van der Waals surface area (Å²) in [6, 6.07) is 9.10. The van der Waals surface area contributed by atoms with Crippen LogP contribution >= 0.6 is 11.8 Å². The molecule has 158 valence electrons. The molecule has 0 spiro atoms. The highest BCUT2D eigenvalue weighted by Crippen LogP contribution is 2.43. The molecule has 0 saturated heterocycles. The predicted octanol–water partition coefficient (Wildman–Crippen LogP) is 6.75. The Morgan fingerprint density at radius 1 is 1.03 bits per heavy atom. The number of rotatable bonds is 5. The molecule has 2 aromatic rings. The molecule has 0 amide bonds. The van der Waals surface area contributed by atoms with Crippen LogP contribution in [0.5, 0.6) is 0 Å². The first-order chi connectivity index (χ1) is 13.5. The standard InChI is InChI=1S/C25H37N3S/c1-18(2)15-22-28(25(6,7)8)21(17-29-22)20-11-9-19(10-12-20)16-27-14-13-26-23(27)24(3,4)5/h9-14,17-18,22H,15-16H2,1-8H3. The van der Waals surface area contributed by atoms with Crippen molar-refractivity contribution in [3.05, 3.63) is 59.0 Å². The molecule has 0 aliphatic carbocycles. The van der Waals surface area contributed by atoms with Crippen molar-refractivity contribution in [3.63, 3.8) is 0 Å². The summed E-state index contributed by atoms with van der Waals surface area (Å²) in [4.78, 5) is 7.19. The van der Waals surface area contributed by atoms with Crippen LogP contribution in [0.2, 0.25) is 0 Å². The largest absolute Gasteiger partial charge is 0.353 e. The minimum Gasteiger partial charge on any atom is -0.353 e. The van der Waals surface area contributed by atoms with Gasteiger partial charge in [-0.1, -0.05) is 58.9 Å². The van der Waals surface area contributed by atoms with Gasteiger partial charge in [0.2, 0.25) is 0 Å². The van der Waals surface area contributed by atoms with Crippen molar-refractivity contribution in [2.75, 3.05) is 0 Å². The Balaban J connectivity index is 1.80. The molecule has 1 aliphatic heterocycles. The normalized spacial score (nSPS) is 17.9. The zero-order chi connectivity index (χ0) is 21.4. The van der Waals surface area contributed by atoms with Gasteiger partial charge >= 0.3 is 0 Å². The van der Waals surface area contributed by atoms with E-state index in [4.69, 9.17) is 0 Å². The maximum absolute atomic E-state index is 4.58. The minimum atomic E-state index is 0.0496. The number of nitrogens with zero attached hydrogens (tertiary/aromatic N) is 3. The van der Waals surface area contributed by atoms with Gasteiger partial charge in [-0.15, -0.1) is 11.8 Å². The topological polar surface area (TPSA) is 21.1 Å². The van der Waals surface area contributed by atoms with Crippen molar-refractivity contribution >= 4 is 17.5 Å². The average molecular weight is 412 g/mol. The molecule has 3 rings (SSSR count). The van der Waals surface area contributed by atoms with Crippen LogP contribution in [0.1, 0.15) is 78.8 Å². The van der Waals surface area contributed by atoms with Crippen LogP contribution in [-0.2, 0) is 12.0 Å². The number of thioether (sulfide) groups is 1. The molecule has 1 aliphatic rings. The molecule has 0 saturated carbocycles. The first kappa shape index (κ1) is 22.0. The van der Waals surface area contributed by atoms with E-state index in [0.29, 0.717) is 11.3 Å². The minimum absolute atomic E-state index is 0.0496. The molecule has 29 heavy (non-hydrogen) atoms. The summed E-state index contributed by atoms with van der Waals surface area (Å²) in [5.74, 6) is 1.83. The zero-order valence-corrected chi connectivity index (χ0v) is 20.2. The molecular weight excluding hydrogens is 374 g/mol. The first-order valence-corrected chi connectivity index (χ1v) is 11.7. The summed E-state index contributed by atoms with van der Waals surface area (Å²) in [6.07, 6.45) is 5.20. The van der Waals surface area contributed by atoms with Gasteiger partial charge in [-0.2, -0.15) is 0 Å². The van der Waals surface area contributed by atoms with Crippen LogP contribution in [0.15, 0.2) is 42.1 Å². The van der Waals surface area contributed by atoms with E-state index in [1.807, 2.05) is 18.0 Å². The fraction of sp³-hybridized carbons (Fsp3) is 0.560. The fourth-order valence-corrected chi connectivity index (χ4v) is 5.62. The van der Waals surface area contributed by atoms with Gasteiger partial charge in [-0.25, -0.2) is 4.98 Å². The smallest absolute Gasteiger partial charge is 0.114 e. The third-order valence-electron chi connectivity index (χ3n) is 5.27. The quantitative estimate of drug-likeness (QED) is 0.543. The number of imidazole rings is 1. The van der Waals surface area contributed by atoms with Gasteiger partial charge in [0.15, 0.2) is 0 Å². The van der Waals surface area contributed by atoms with Crippen LogP contribution in [0.3, 0.4) is 0 Å². The Kier molecular flexibility index (Phi) is 6.24. The van der Waals surface area contributed by atoms with Crippen LogP contribution in [0.25, 0.3) is 5.70 Å². The van der Waals surface area contributed by atoms with Crippen LogP contribution < -0.4 is 0 Å². The van der Waals surface area contributed by atoms with Gasteiger partial charge in [-0.05, 0) is 49.6 Å². The second kappa shape index (κ2) is 8.22. The monoisotopic (exact) mass is 411 g/mol. The lowest BCUT2D eigenvalue weighted by atomic mass is 9.95. The zero-order valence-electron chi connectivity index (χ0n) is 19.4. The highest BCUT2D eigenvalue weighted by molar-refractivity contribution is 8.03. The Bertz CT molecular complexity index is 847. The van der Waals surface area contributed by atoms with Gasteiger partial charge in [0, 0.05) is 29.9 Å². The third kappa shape index (κ3) is 5.09. The van der Waals surface area contributed by atoms with E-state index in [-0.39, 0.29) is 11.0 Å². The van der Waals surface area contributed by atoms with Crippen LogP contribution in [0.4, 0.5) is 0 Å². The van der Waals surface area contributed by atoms with Crippen molar-refractivity contribution in [1.82, 2.24) is 14.5 Å². The average Bonchev–Trinajstić information content (AvgIpc) is 3.21. The van der Waals surface area contributed by atoms with Crippen molar-refractivity contribution < 1.29 is 0 Å². The Morgan fingerprint density at radius 2 is 1.69 bits per heavy atom. The lowest BCUT2D eigenvalue weighted by molar-refractivity contribution is 0.196. The van der Waals surface area contributed by atoms with Gasteiger partial charge < -0.3 is 9.47 Å². The van der Waals surface area contributed by atoms with E-state index < -0.39 is 0 Å². The molecule has 0 fully saturated rings. The van der Waals surface area contributed by atoms with Crippen LogP contribution in [0, 0.1) is 5.92 Å². The molecular formula is C25H37N3S. The molecule has 1 aromatic carbocycles. The molecule has 4 heteroatoms. The Morgan fingerprint density at radius 3 is 2.24 bits per heavy atom. The van der Waals surface area contributed by atoms with Crippen molar-refractivity contribution in [2.24, 2.45) is 5.92 Å². The van der Waals surface area contributed by atoms with Crippen LogP contribution in [-0.4, -0.2) is 25.4 Å². The summed E-state index contributed by atoms with van der Waals surface area (Å²) >= 11 is 1.97. The molecule has 0 radical (unpaired) electrons. The van der Waals surface area contributed by atoms with E-state index in [9.17, 15) is 0 Å². The van der Waals surface area contributed by atoms with E-state index in [1.54, 1.807) is 0 Å². The summed E-state index contributed by atoms with van der Waals surface area (Å²) < 4.78 is 2.26. The molecule has 1 aromatic heterocycles.